The monoisotopic (exact) mass is 266 g/mol. The van der Waals surface area contributed by atoms with Gasteiger partial charge >= 0.3 is 0 Å². The molecule has 2 N–H and O–H groups in total. The molecular formula is C17H34N2. The predicted octanol–water partition coefficient (Wildman–Crippen LogP) is 3.65. The SMILES string of the molecule is CC1(C)CCN(C2(CN)CC(C)(C)CC(C)(C)C2)C1. The lowest BCUT2D eigenvalue weighted by Gasteiger charge is -2.55. The Morgan fingerprint density at radius 2 is 1.37 bits per heavy atom. The van der Waals surface area contributed by atoms with Crippen LogP contribution in [0.25, 0.3) is 0 Å². The summed E-state index contributed by atoms with van der Waals surface area (Å²) in [4.78, 5) is 2.73. The number of hydrogen-bond acceptors (Lipinski definition) is 2. The topological polar surface area (TPSA) is 29.3 Å². The maximum absolute atomic E-state index is 6.31. The Morgan fingerprint density at radius 3 is 1.74 bits per heavy atom. The van der Waals surface area contributed by atoms with Gasteiger partial charge < -0.3 is 5.73 Å². The van der Waals surface area contributed by atoms with Gasteiger partial charge in [0.2, 0.25) is 0 Å². The second kappa shape index (κ2) is 4.46. The molecule has 1 aliphatic heterocycles. The van der Waals surface area contributed by atoms with E-state index in [1.54, 1.807) is 0 Å². The van der Waals surface area contributed by atoms with E-state index in [0.717, 1.165) is 6.54 Å². The second-order valence-corrected chi connectivity index (χ2v) is 9.62. The minimum Gasteiger partial charge on any atom is -0.329 e. The number of nitrogens with zero attached hydrogens (tertiary/aromatic N) is 1. The molecule has 2 aliphatic rings. The Kier molecular flexibility index (Phi) is 3.59. The third-order valence-electron chi connectivity index (χ3n) is 5.30. The average molecular weight is 266 g/mol. The van der Waals surface area contributed by atoms with Crippen molar-refractivity contribution in [1.82, 2.24) is 4.90 Å². The second-order valence-electron chi connectivity index (χ2n) is 9.62. The van der Waals surface area contributed by atoms with Crippen molar-refractivity contribution in [2.24, 2.45) is 22.0 Å². The van der Waals surface area contributed by atoms with Gasteiger partial charge in [-0.3, -0.25) is 4.90 Å². The Labute approximate surface area is 120 Å². The smallest absolute Gasteiger partial charge is 0.0342 e. The van der Waals surface area contributed by atoms with Gasteiger partial charge in [-0.15, -0.1) is 0 Å². The van der Waals surface area contributed by atoms with E-state index in [1.807, 2.05) is 0 Å². The first-order chi connectivity index (χ1) is 8.49. The van der Waals surface area contributed by atoms with E-state index in [4.69, 9.17) is 5.73 Å². The molecule has 0 aromatic carbocycles. The Balaban J connectivity index is 2.27. The lowest BCUT2D eigenvalue weighted by molar-refractivity contribution is -0.0368. The quantitative estimate of drug-likeness (QED) is 0.826. The van der Waals surface area contributed by atoms with Crippen LogP contribution in [0.15, 0.2) is 0 Å². The molecule has 0 spiro atoms. The molecule has 0 amide bonds. The zero-order valence-electron chi connectivity index (χ0n) is 14.0. The number of nitrogens with two attached hydrogens (primary N) is 1. The average Bonchev–Trinajstić information content (AvgIpc) is 2.54. The fraction of sp³-hybridized carbons (Fsp3) is 1.00. The van der Waals surface area contributed by atoms with Crippen molar-refractivity contribution in [1.29, 1.82) is 0 Å². The highest BCUT2D eigenvalue weighted by molar-refractivity contribution is 5.06. The maximum atomic E-state index is 6.31. The summed E-state index contributed by atoms with van der Waals surface area (Å²) in [5, 5.41) is 0. The molecule has 0 bridgehead atoms. The molecule has 0 aromatic heterocycles. The number of rotatable bonds is 2. The van der Waals surface area contributed by atoms with Crippen molar-refractivity contribution < 1.29 is 0 Å². The fourth-order valence-electron chi connectivity index (χ4n) is 5.28. The summed E-state index contributed by atoms with van der Waals surface area (Å²) < 4.78 is 0. The minimum absolute atomic E-state index is 0.235. The molecule has 1 saturated carbocycles. The van der Waals surface area contributed by atoms with E-state index < -0.39 is 0 Å². The van der Waals surface area contributed by atoms with E-state index in [0.29, 0.717) is 16.2 Å². The third kappa shape index (κ3) is 3.16. The van der Waals surface area contributed by atoms with E-state index in [2.05, 4.69) is 46.4 Å². The van der Waals surface area contributed by atoms with E-state index in [-0.39, 0.29) is 5.54 Å². The van der Waals surface area contributed by atoms with Crippen molar-refractivity contribution >= 4 is 0 Å². The van der Waals surface area contributed by atoms with Gasteiger partial charge in [0.15, 0.2) is 0 Å². The zero-order valence-corrected chi connectivity index (χ0v) is 14.0. The summed E-state index contributed by atoms with van der Waals surface area (Å²) in [6.45, 7) is 17.8. The molecule has 2 nitrogen and oxygen atoms in total. The van der Waals surface area contributed by atoms with E-state index in [9.17, 15) is 0 Å². The number of likely N-dealkylation sites (tertiary alicyclic amines) is 1. The third-order valence-corrected chi connectivity index (χ3v) is 5.30. The van der Waals surface area contributed by atoms with Crippen LogP contribution in [0.1, 0.15) is 67.2 Å². The van der Waals surface area contributed by atoms with Gasteiger partial charge in [-0.2, -0.15) is 0 Å². The summed E-state index contributed by atoms with van der Waals surface area (Å²) in [7, 11) is 0. The van der Waals surface area contributed by atoms with Crippen LogP contribution >= 0.6 is 0 Å². The molecule has 19 heavy (non-hydrogen) atoms. The van der Waals surface area contributed by atoms with Crippen molar-refractivity contribution in [2.45, 2.75) is 72.8 Å². The van der Waals surface area contributed by atoms with Gasteiger partial charge in [0.1, 0.15) is 0 Å². The van der Waals surface area contributed by atoms with Crippen LogP contribution in [0.4, 0.5) is 0 Å². The van der Waals surface area contributed by atoms with Crippen molar-refractivity contribution in [3.8, 4) is 0 Å². The molecule has 1 aliphatic carbocycles. The van der Waals surface area contributed by atoms with Gasteiger partial charge in [0.25, 0.3) is 0 Å². The molecule has 0 unspecified atom stereocenters. The molecule has 0 radical (unpaired) electrons. The van der Waals surface area contributed by atoms with Gasteiger partial charge in [-0.1, -0.05) is 41.5 Å². The van der Waals surface area contributed by atoms with Crippen LogP contribution in [0, 0.1) is 16.2 Å². The van der Waals surface area contributed by atoms with Crippen LogP contribution in [0.3, 0.4) is 0 Å². The Hall–Kier alpha value is -0.0800. The van der Waals surface area contributed by atoms with Crippen molar-refractivity contribution in [2.75, 3.05) is 19.6 Å². The van der Waals surface area contributed by atoms with Crippen molar-refractivity contribution in [3.63, 3.8) is 0 Å². The van der Waals surface area contributed by atoms with Crippen LogP contribution in [0.5, 0.6) is 0 Å². The molecule has 1 heterocycles. The lowest BCUT2D eigenvalue weighted by Crippen LogP contribution is -2.60. The highest BCUT2D eigenvalue weighted by atomic mass is 15.2. The molecule has 2 heteroatoms. The summed E-state index contributed by atoms with van der Waals surface area (Å²) >= 11 is 0. The molecule has 2 rings (SSSR count). The van der Waals surface area contributed by atoms with Gasteiger partial charge in [-0.25, -0.2) is 0 Å². The zero-order chi connectivity index (χ0) is 14.5. The summed E-state index contributed by atoms with van der Waals surface area (Å²) in [6, 6.07) is 0. The minimum atomic E-state index is 0.235. The van der Waals surface area contributed by atoms with Gasteiger partial charge in [0.05, 0.1) is 0 Å². The highest BCUT2D eigenvalue weighted by Crippen LogP contribution is 2.53. The van der Waals surface area contributed by atoms with Crippen LogP contribution < -0.4 is 5.73 Å². The van der Waals surface area contributed by atoms with Gasteiger partial charge in [0, 0.05) is 18.6 Å². The van der Waals surface area contributed by atoms with Gasteiger partial charge in [-0.05, 0) is 48.5 Å². The number of hydrogen-bond donors (Lipinski definition) is 1. The van der Waals surface area contributed by atoms with E-state index >= 15 is 0 Å². The van der Waals surface area contributed by atoms with Crippen LogP contribution in [-0.2, 0) is 0 Å². The predicted molar refractivity (Wildman–Crippen MR) is 83.2 cm³/mol. The normalized spacial score (nSPS) is 32.4. The van der Waals surface area contributed by atoms with Crippen molar-refractivity contribution in [3.05, 3.63) is 0 Å². The molecule has 112 valence electrons. The Bertz CT molecular complexity index is 325. The van der Waals surface area contributed by atoms with Crippen LogP contribution in [0.2, 0.25) is 0 Å². The first kappa shape index (κ1) is 15.3. The molecule has 2 fully saturated rings. The summed E-state index contributed by atoms with van der Waals surface area (Å²) in [6.07, 6.45) is 5.15. The molecule has 0 aromatic rings. The largest absolute Gasteiger partial charge is 0.329 e. The highest BCUT2D eigenvalue weighted by Gasteiger charge is 2.51. The fourth-order valence-corrected chi connectivity index (χ4v) is 5.28. The molecular weight excluding hydrogens is 232 g/mol. The Morgan fingerprint density at radius 1 is 0.842 bits per heavy atom. The molecule has 0 atom stereocenters. The van der Waals surface area contributed by atoms with E-state index in [1.165, 1.54) is 38.8 Å². The van der Waals surface area contributed by atoms with Crippen LogP contribution in [-0.4, -0.2) is 30.1 Å². The summed E-state index contributed by atoms with van der Waals surface area (Å²) in [5.41, 5.74) is 7.83. The maximum Gasteiger partial charge on any atom is 0.0342 e. The lowest BCUT2D eigenvalue weighted by atomic mass is 9.58. The standard InChI is InChI=1S/C17H34N2/c1-14(2)7-8-19(13-14)17(12-18)10-15(3,4)9-16(5,6)11-17/h7-13,18H2,1-6H3. The molecule has 1 saturated heterocycles. The first-order valence-electron chi connectivity index (χ1n) is 7.95. The summed E-state index contributed by atoms with van der Waals surface area (Å²) in [5.74, 6) is 0. The first-order valence-corrected chi connectivity index (χ1v) is 7.95.